The second-order valence-corrected chi connectivity index (χ2v) is 4.94. The fourth-order valence-electron chi connectivity index (χ4n) is 2.17. The zero-order valence-electron chi connectivity index (χ0n) is 11.8. The molecule has 0 aliphatic heterocycles. The summed E-state index contributed by atoms with van der Waals surface area (Å²) in [4.78, 5) is 8.09. The van der Waals surface area contributed by atoms with Gasteiger partial charge in [0.05, 0.1) is 12.6 Å². The maximum atomic E-state index is 4.15. The Morgan fingerprint density at radius 2 is 2.00 bits per heavy atom. The minimum Gasteiger partial charge on any atom is -0.378 e. The average Bonchev–Trinajstić information content (AvgIpc) is 3.03. The zero-order valence-corrected chi connectivity index (χ0v) is 11.8. The third-order valence-corrected chi connectivity index (χ3v) is 3.33. The van der Waals surface area contributed by atoms with Crippen molar-refractivity contribution in [2.24, 2.45) is 0 Å². The maximum absolute atomic E-state index is 4.15. The van der Waals surface area contributed by atoms with Gasteiger partial charge >= 0.3 is 0 Å². The molecule has 2 heterocycles. The van der Waals surface area contributed by atoms with E-state index in [1.165, 1.54) is 11.1 Å². The van der Waals surface area contributed by atoms with E-state index in [0.29, 0.717) is 0 Å². The van der Waals surface area contributed by atoms with E-state index >= 15 is 0 Å². The smallest absolute Gasteiger partial charge is 0.137 e. The van der Waals surface area contributed by atoms with E-state index in [1.807, 2.05) is 12.3 Å². The summed E-state index contributed by atoms with van der Waals surface area (Å²) >= 11 is 0. The topological polar surface area (TPSA) is 55.6 Å². The van der Waals surface area contributed by atoms with Gasteiger partial charge in [0.2, 0.25) is 0 Å². The van der Waals surface area contributed by atoms with E-state index in [0.717, 1.165) is 12.2 Å². The number of anilines is 1. The number of benzene rings is 1. The Morgan fingerprint density at radius 3 is 2.67 bits per heavy atom. The van der Waals surface area contributed by atoms with E-state index in [2.05, 4.69) is 57.6 Å². The van der Waals surface area contributed by atoms with E-state index in [4.69, 9.17) is 0 Å². The third-order valence-electron chi connectivity index (χ3n) is 3.33. The number of pyridine rings is 1. The lowest BCUT2D eigenvalue weighted by molar-refractivity contribution is 0.685. The van der Waals surface area contributed by atoms with E-state index in [1.54, 1.807) is 23.5 Å². The normalized spacial score (nSPS) is 12.0. The highest BCUT2D eigenvalue weighted by atomic mass is 15.3. The van der Waals surface area contributed by atoms with Crippen LogP contribution in [-0.2, 0) is 6.54 Å². The van der Waals surface area contributed by atoms with E-state index < -0.39 is 0 Å². The van der Waals surface area contributed by atoms with Gasteiger partial charge in [0.25, 0.3) is 0 Å². The van der Waals surface area contributed by atoms with Gasteiger partial charge in [-0.05, 0) is 36.2 Å². The van der Waals surface area contributed by atoms with Crippen LogP contribution in [0.4, 0.5) is 5.69 Å². The molecular formula is C16H17N5. The number of hydrogen-bond donors (Lipinski definition) is 1. The molecule has 3 rings (SSSR count). The SMILES string of the molecule is CC(Nc1ccc(Cn2cncn2)cc1)c1cccnc1. The standard InChI is InChI=1S/C16H17N5/c1-13(15-3-2-8-17-9-15)20-16-6-4-14(5-7-16)10-21-12-18-11-19-21/h2-9,11-13,20H,10H2,1H3. The number of nitrogens with one attached hydrogen (secondary N) is 1. The van der Waals surface area contributed by atoms with Crippen LogP contribution in [0.15, 0.2) is 61.4 Å². The van der Waals surface area contributed by atoms with E-state index in [-0.39, 0.29) is 6.04 Å². The zero-order chi connectivity index (χ0) is 14.5. The van der Waals surface area contributed by atoms with Gasteiger partial charge < -0.3 is 5.32 Å². The first-order valence-corrected chi connectivity index (χ1v) is 6.89. The summed E-state index contributed by atoms with van der Waals surface area (Å²) < 4.78 is 1.81. The summed E-state index contributed by atoms with van der Waals surface area (Å²) in [5.74, 6) is 0. The molecule has 1 unspecified atom stereocenters. The quantitative estimate of drug-likeness (QED) is 0.780. The summed E-state index contributed by atoms with van der Waals surface area (Å²) in [7, 11) is 0. The van der Waals surface area contributed by atoms with Crippen LogP contribution < -0.4 is 5.32 Å². The second kappa shape index (κ2) is 6.17. The molecule has 1 aromatic carbocycles. The Hall–Kier alpha value is -2.69. The van der Waals surface area contributed by atoms with Gasteiger partial charge in [-0.3, -0.25) is 4.98 Å². The molecule has 0 saturated carbocycles. The molecule has 0 aliphatic rings. The fraction of sp³-hybridized carbons (Fsp3) is 0.188. The predicted molar refractivity (Wildman–Crippen MR) is 81.8 cm³/mol. The molecule has 0 spiro atoms. The van der Waals surface area contributed by atoms with Crippen molar-refractivity contribution in [3.8, 4) is 0 Å². The summed E-state index contributed by atoms with van der Waals surface area (Å²) in [6, 6.07) is 12.6. The molecule has 1 atom stereocenters. The third kappa shape index (κ3) is 3.45. The van der Waals surface area contributed by atoms with Crippen molar-refractivity contribution < 1.29 is 0 Å². The first kappa shape index (κ1) is 13.3. The number of nitrogens with zero attached hydrogens (tertiary/aromatic N) is 4. The molecule has 106 valence electrons. The van der Waals surface area contributed by atoms with Gasteiger partial charge in [-0.25, -0.2) is 9.67 Å². The monoisotopic (exact) mass is 279 g/mol. The highest BCUT2D eigenvalue weighted by Crippen LogP contribution is 2.18. The van der Waals surface area contributed by atoms with Crippen molar-refractivity contribution in [2.75, 3.05) is 5.32 Å². The van der Waals surface area contributed by atoms with Crippen LogP contribution in [0, 0.1) is 0 Å². The number of rotatable bonds is 5. The van der Waals surface area contributed by atoms with Crippen LogP contribution in [0.1, 0.15) is 24.1 Å². The predicted octanol–water partition coefficient (Wildman–Crippen LogP) is 2.89. The van der Waals surface area contributed by atoms with E-state index in [9.17, 15) is 0 Å². The van der Waals surface area contributed by atoms with Crippen LogP contribution >= 0.6 is 0 Å². The van der Waals surface area contributed by atoms with Crippen molar-refractivity contribution in [3.05, 3.63) is 72.6 Å². The minimum atomic E-state index is 0.222. The van der Waals surface area contributed by atoms with Crippen LogP contribution in [0.25, 0.3) is 0 Å². The summed E-state index contributed by atoms with van der Waals surface area (Å²) in [5.41, 5.74) is 3.46. The first-order valence-electron chi connectivity index (χ1n) is 6.89. The molecule has 3 aromatic rings. The van der Waals surface area contributed by atoms with Crippen molar-refractivity contribution in [3.63, 3.8) is 0 Å². The Kier molecular flexibility index (Phi) is 3.91. The van der Waals surface area contributed by atoms with Crippen LogP contribution in [0.5, 0.6) is 0 Å². The lowest BCUT2D eigenvalue weighted by atomic mass is 10.1. The first-order chi connectivity index (χ1) is 10.3. The van der Waals surface area contributed by atoms with Gasteiger partial charge in [-0.2, -0.15) is 5.10 Å². The van der Waals surface area contributed by atoms with Gasteiger partial charge in [-0.15, -0.1) is 0 Å². The number of hydrogen-bond acceptors (Lipinski definition) is 4. The summed E-state index contributed by atoms with van der Waals surface area (Å²) in [5, 5.41) is 7.57. The van der Waals surface area contributed by atoms with Crippen LogP contribution in [0.2, 0.25) is 0 Å². The molecule has 0 aliphatic carbocycles. The Morgan fingerprint density at radius 1 is 1.14 bits per heavy atom. The molecule has 0 bridgehead atoms. The van der Waals surface area contributed by atoms with Crippen molar-refractivity contribution in [2.45, 2.75) is 19.5 Å². The van der Waals surface area contributed by atoms with Crippen LogP contribution in [0.3, 0.4) is 0 Å². The highest BCUT2D eigenvalue weighted by Gasteiger charge is 2.05. The summed E-state index contributed by atoms with van der Waals surface area (Å²) in [6.07, 6.45) is 6.94. The fourth-order valence-corrected chi connectivity index (χ4v) is 2.17. The molecule has 0 amide bonds. The van der Waals surface area contributed by atoms with Gasteiger partial charge in [0.15, 0.2) is 0 Å². The molecule has 21 heavy (non-hydrogen) atoms. The molecule has 0 fully saturated rings. The average molecular weight is 279 g/mol. The minimum absolute atomic E-state index is 0.222. The molecule has 5 nitrogen and oxygen atoms in total. The largest absolute Gasteiger partial charge is 0.378 e. The molecule has 1 N–H and O–H groups in total. The molecule has 2 aromatic heterocycles. The van der Waals surface area contributed by atoms with Crippen molar-refractivity contribution in [1.29, 1.82) is 0 Å². The highest BCUT2D eigenvalue weighted by molar-refractivity contribution is 5.46. The van der Waals surface area contributed by atoms with Crippen LogP contribution in [-0.4, -0.2) is 19.7 Å². The lowest BCUT2D eigenvalue weighted by Crippen LogP contribution is -2.07. The lowest BCUT2D eigenvalue weighted by Gasteiger charge is -2.15. The van der Waals surface area contributed by atoms with Crippen molar-refractivity contribution >= 4 is 5.69 Å². The van der Waals surface area contributed by atoms with Gasteiger partial charge in [-0.1, -0.05) is 18.2 Å². The molecule has 5 heteroatoms. The molecule has 0 saturated heterocycles. The molecule has 0 radical (unpaired) electrons. The van der Waals surface area contributed by atoms with Crippen molar-refractivity contribution in [1.82, 2.24) is 19.7 Å². The summed E-state index contributed by atoms with van der Waals surface area (Å²) in [6.45, 7) is 2.86. The molecular weight excluding hydrogens is 262 g/mol. The second-order valence-electron chi connectivity index (χ2n) is 4.94. The van der Waals surface area contributed by atoms with Gasteiger partial charge in [0, 0.05) is 18.1 Å². The Labute approximate surface area is 123 Å². The number of aromatic nitrogens is 4. The maximum Gasteiger partial charge on any atom is 0.137 e. The Bertz CT molecular complexity index is 662. The Balaban J connectivity index is 1.64. The van der Waals surface area contributed by atoms with Gasteiger partial charge in [0.1, 0.15) is 12.7 Å².